The van der Waals surface area contributed by atoms with E-state index in [-0.39, 0.29) is 11.8 Å². The van der Waals surface area contributed by atoms with E-state index in [0.717, 1.165) is 38.2 Å². The van der Waals surface area contributed by atoms with Gasteiger partial charge in [0.2, 0.25) is 0 Å². The van der Waals surface area contributed by atoms with Gasteiger partial charge in [-0.25, -0.2) is 9.37 Å². The van der Waals surface area contributed by atoms with Gasteiger partial charge >= 0.3 is 0 Å². The molecule has 1 aromatic heterocycles. The first kappa shape index (κ1) is 22.9. The molecule has 1 amide bonds. The number of hydrogen-bond donors (Lipinski definition) is 2. The van der Waals surface area contributed by atoms with Crippen molar-refractivity contribution in [2.24, 2.45) is 5.92 Å². The fraction of sp³-hybridized carbons (Fsp3) is 0.545. The van der Waals surface area contributed by atoms with Gasteiger partial charge in [0, 0.05) is 43.3 Å². The summed E-state index contributed by atoms with van der Waals surface area (Å²) < 4.78 is 15.4. The van der Waals surface area contributed by atoms with Crippen LogP contribution in [0.1, 0.15) is 41.6 Å². The lowest BCUT2D eigenvalue weighted by molar-refractivity contribution is -0.00601. The highest BCUT2D eigenvalue weighted by Crippen LogP contribution is 2.47. The smallest absolute Gasteiger partial charge is 0.280 e. The van der Waals surface area contributed by atoms with E-state index >= 15 is 4.39 Å². The van der Waals surface area contributed by atoms with Crippen molar-refractivity contribution in [3.63, 3.8) is 0 Å². The van der Waals surface area contributed by atoms with Crippen LogP contribution in [0.4, 0.5) is 4.39 Å². The van der Waals surface area contributed by atoms with E-state index in [1.807, 2.05) is 12.1 Å². The third-order valence-corrected chi connectivity index (χ3v) is 8.37. The number of alkyl halides is 1. The van der Waals surface area contributed by atoms with Crippen LogP contribution in [0, 0.1) is 5.92 Å². The molecule has 2 aromatic rings. The van der Waals surface area contributed by atoms with Crippen molar-refractivity contribution in [2.45, 2.75) is 43.9 Å². The van der Waals surface area contributed by atoms with Crippen LogP contribution in [0.25, 0.3) is 0 Å². The molecule has 0 spiro atoms. The molecule has 2 N–H and O–H groups in total. The van der Waals surface area contributed by atoms with Gasteiger partial charge in [0.25, 0.3) is 5.91 Å². The van der Waals surface area contributed by atoms with Crippen molar-refractivity contribution in [2.75, 3.05) is 26.2 Å². The van der Waals surface area contributed by atoms with Gasteiger partial charge in [0.15, 0.2) is 5.01 Å². The first-order chi connectivity index (χ1) is 14.9. The second-order valence-corrected chi connectivity index (χ2v) is 10.1. The number of thiazole rings is 1. The van der Waals surface area contributed by atoms with Crippen LogP contribution in [0.5, 0.6) is 0 Å². The molecule has 2 fully saturated rings. The van der Waals surface area contributed by atoms with Crippen LogP contribution in [-0.2, 0) is 5.54 Å². The lowest BCUT2D eigenvalue weighted by atomic mass is 9.69. The van der Waals surface area contributed by atoms with Crippen molar-refractivity contribution in [3.05, 3.63) is 50.4 Å². The standard InChI is InChI=1S/C22H27Cl2FN4OS/c1-22(29-10-7-26-8-11-29,15-3-2-4-16(23)19(15)24)14-5-6-18(17(25)13-14)28-20(30)21-27-9-12-31-21/h2-4,9,12,14,17-18,26H,5-8,10-11,13H2,1H3,(H,28,30). The Bertz CT molecular complexity index is 909. The van der Waals surface area contributed by atoms with E-state index in [9.17, 15) is 4.79 Å². The lowest BCUT2D eigenvalue weighted by Crippen LogP contribution is -2.58. The van der Waals surface area contributed by atoms with Crippen LogP contribution in [0.3, 0.4) is 0 Å². The van der Waals surface area contributed by atoms with Gasteiger partial charge in [0.05, 0.1) is 16.1 Å². The van der Waals surface area contributed by atoms with E-state index in [2.05, 4.69) is 27.4 Å². The number of nitrogens with zero attached hydrogens (tertiary/aromatic N) is 2. The second kappa shape index (κ2) is 9.71. The highest BCUT2D eigenvalue weighted by atomic mass is 35.5. The summed E-state index contributed by atoms with van der Waals surface area (Å²) in [4.78, 5) is 18.8. The fourth-order valence-corrected chi connectivity index (χ4v) is 6.06. The van der Waals surface area contributed by atoms with Gasteiger partial charge in [0.1, 0.15) is 6.17 Å². The van der Waals surface area contributed by atoms with E-state index in [4.69, 9.17) is 23.2 Å². The zero-order valence-electron chi connectivity index (χ0n) is 17.4. The number of nitrogens with one attached hydrogen (secondary N) is 2. The summed E-state index contributed by atoms with van der Waals surface area (Å²) in [5.41, 5.74) is 0.504. The molecule has 5 nitrogen and oxygen atoms in total. The Morgan fingerprint density at radius 1 is 1.32 bits per heavy atom. The van der Waals surface area contributed by atoms with Gasteiger partial charge in [-0.3, -0.25) is 9.69 Å². The largest absolute Gasteiger partial charge is 0.344 e. The molecule has 0 radical (unpaired) electrons. The van der Waals surface area contributed by atoms with Crippen molar-refractivity contribution in [1.82, 2.24) is 20.5 Å². The maximum Gasteiger partial charge on any atom is 0.280 e. The highest BCUT2D eigenvalue weighted by molar-refractivity contribution is 7.11. The Hall–Kier alpha value is -1.25. The molecule has 168 valence electrons. The van der Waals surface area contributed by atoms with Gasteiger partial charge in [-0.15, -0.1) is 11.3 Å². The van der Waals surface area contributed by atoms with Crippen LogP contribution in [-0.4, -0.2) is 54.2 Å². The van der Waals surface area contributed by atoms with Crippen molar-refractivity contribution < 1.29 is 9.18 Å². The molecule has 0 bridgehead atoms. The van der Waals surface area contributed by atoms with Gasteiger partial charge in [-0.1, -0.05) is 35.3 Å². The third-order valence-electron chi connectivity index (χ3n) is 6.78. The molecule has 1 saturated heterocycles. The number of halogens is 3. The summed E-state index contributed by atoms with van der Waals surface area (Å²) in [6, 6.07) is 5.21. The maximum atomic E-state index is 15.4. The fourth-order valence-electron chi connectivity index (χ4n) is 5.03. The molecule has 4 unspecified atom stereocenters. The van der Waals surface area contributed by atoms with Gasteiger partial charge in [-0.2, -0.15) is 0 Å². The third kappa shape index (κ3) is 4.62. The molecule has 2 aliphatic rings. The molecule has 1 aliphatic heterocycles. The predicted octanol–water partition coefficient (Wildman–Crippen LogP) is 4.51. The summed E-state index contributed by atoms with van der Waals surface area (Å²) in [7, 11) is 0. The lowest BCUT2D eigenvalue weighted by Gasteiger charge is -2.51. The van der Waals surface area contributed by atoms with Crippen LogP contribution < -0.4 is 10.6 Å². The molecular formula is C22H27Cl2FN4OS. The quantitative estimate of drug-likeness (QED) is 0.655. The Morgan fingerprint density at radius 2 is 2.10 bits per heavy atom. The first-order valence-electron chi connectivity index (χ1n) is 10.7. The average Bonchev–Trinajstić information content (AvgIpc) is 3.32. The number of hydrogen-bond acceptors (Lipinski definition) is 5. The Labute approximate surface area is 196 Å². The molecule has 1 saturated carbocycles. The van der Waals surface area contributed by atoms with Crippen molar-refractivity contribution in [1.29, 1.82) is 0 Å². The first-order valence-corrected chi connectivity index (χ1v) is 12.3. The van der Waals surface area contributed by atoms with E-state index in [1.165, 1.54) is 11.3 Å². The molecular weight excluding hydrogens is 458 g/mol. The van der Waals surface area contributed by atoms with Gasteiger partial charge in [-0.05, 0) is 43.7 Å². The number of aromatic nitrogens is 1. The zero-order valence-corrected chi connectivity index (χ0v) is 19.7. The van der Waals surface area contributed by atoms with Crippen LogP contribution in [0.15, 0.2) is 29.8 Å². The zero-order chi connectivity index (χ0) is 22.0. The Morgan fingerprint density at radius 3 is 2.77 bits per heavy atom. The van der Waals surface area contributed by atoms with E-state index < -0.39 is 17.8 Å². The van der Waals surface area contributed by atoms with E-state index in [0.29, 0.717) is 27.9 Å². The summed E-state index contributed by atoms with van der Waals surface area (Å²) in [5.74, 6) is -0.256. The molecule has 1 aromatic carbocycles. The van der Waals surface area contributed by atoms with E-state index in [1.54, 1.807) is 17.6 Å². The minimum absolute atomic E-state index is 0.0459. The van der Waals surface area contributed by atoms with Crippen molar-refractivity contribution in [3.8, 4) is 0 Å². The predicted molar refractivity (Wildman–Crippen MR) is 124 cm³/mol. The molecule has 31 heavy (non-hydrogen) atoms. The Balaban J connectivity index is 1.57. The normalized spacial score (nSPS) is 26.9. The molecule has 1 aliphatic carbocycles. The summed E-state index contributed by atoms with van der Waals surface area (Å²) in [6.45, 7) is 5.65. The number of piperazine rings is 1. The minimum atomic E-state index is -1.14. The second-order valence-electron chi connectivity index (χ2n) is 8.43. The SMILES string of the molecule is CC(c1cccc(Cl)c1Cl)(C1CCC(NC(=O)c2nccs2)C(F)C1)N1CCNCC1. The monoisotopic (exact) mass is 484 g/mol. The average molecular weight is 485 g/mol. The molecule has 4 rings (SSSR count). The van der Waals surface area contributed by atoms with Gasteiger partial charge < -0.3 is 10.6 Å². The van der Waals surface area contributed by atoms with Crippen molar-refractivity contribution >= 4 is 40.4 Å². The summed E-state index contributed by atoms with van der Waals surface area (Å²) in [6.07, 6.45) is 2.15. The minimum Gasteiger partial charge on any atom is -0.344 e. The summed E-state index contributed by atoms with van der Waals surface area (Å²) >= 11 is 14.3. The molecule has 4 atom stereocenters. The van der Waals surface area contributed by atoms with Crippen LogP contribution in [0.2, 0.25) is 10.0 Å². The van der Waals surface area contributed by atoms with Crippen LogP contribution >= 0.6 is 34.5 Å². The topological polar surface area (TPSA) is 57.3 Å². The molecule has 9 heteroatoms. The number of rotatable bonds is 5. The number of amides is 1. The summed E-state index contributed by atoms with van der Waals surface area (Å²) in [5, 5.41) is 9.40. The highest BCUT2D eigenvalue weighted by Gasteiger charge is 2.47. The maximum absolute atomic E-state index is 15.4. The number of carbonyl (C=O) groups excluding carboxylic acids is 1. The number of carbonyl (C=O) groups is 1. The Kier molecular flexibility index (Phi) is 7.18. The molecule has 2 heterocycles. The number of benzene rings is 1.